The fraction of sp³-hybridized carbons (Fsp3) is 0.202. The monoisotopic (exact) mass is 1590 g/mol. The van der Waals surface area contributed by atoms with E-state index in [-0.39, 0.29) is 22.8 Å². The van der Waals surface area contributed by atoms with Crippen LogP contribution in [-0.2, 0) is 28.7 Å². The van der Waals surface area contributed by atoms with Crippen molar-refractivity contribution in [3.8, 4) is 0 Å². The highest BCUT2D eigenvalue weighted by molar-refractivity contribution is 6.01. The molecule has 12 aromatic rings. The Morgan fingerprint density at radius 1 is 0.381 bits per heavy atom. The number of pyridine rings is 6. The van der Waals surface area contributed by atoms with E-state index in [1.165, 1.54) is 59.7 Å². The van der Waals surface area contributed by atoms with Crippen molar-refractivity contribution in [3.05, 3.63) is 391 Å². The van der Waals surface area contributed by atoms with Crippen LogP contribution < -0.4 is 26.2 Å². The fourth-order valence-corrected chi connectivity index (χ4v) is 12.5. The first kappa shape index (κ1) is 87.4. The number of nitro groups is 3. The summed E-state index contributed by atoms with van der Waals surface area (Å²) in [4.78, 5) is 120. The van der Waals surface area contributed by atoms with E-state index in [9.17, 15) is 74.7 Å². The molecule has 6 heterocycles. The number of hydrogen-bond donors (Lipinski definition) is 5. The first-order valence-corrected chi connectivity index (χ1v) is 37.1. The van der Waals surface area contributed by atoms with Gasteiger partial charge in [0.1, 0.15) is 23.6 Å². The van der Waals surface area contributed by atoms with Crippen LogP contribution in [0.2, 0.25) is 0 Å². The van der Waals surface area contributed by atoms with Crippen LogP contribution in [-0.4, -0.2) is 96.8 Å². The van der Waals surface area contributed by atoms with Gasteiger partial charge in [-0.3, -0.25) is 65.0 Å². The minimum absolute atomic E-state index is 0.0397. The van der Waals surface area contributed by atoms with Crippen molar-refractivity contribution in [2.75, 3.05) is 10.6 Å². The number of anilines is 2. The predicted octanol–water partition coefficient (Wildman–Crippen LogP) is 12.5. The number of aliphatic carboxylic acids is 2. The van der Waals surface area contributed by atoms with Crippen molar-refractivity contribution in [3.63, 3.8) is 0 Å². The first-order chi connectivity index (χ1) is 56.6. The van der Waals surface area contributed by atoms with E-state index in [0.717, 1.165) is 0 Å². The standard InChI is InChI=1S/2C25H22N4O3.C25H20N4O3.C14H22O8/c3*30-25(18-10-2-1-3-11-18)23(20-13-6-8-16-26-20)24(28-22-15-7-9-17-27-22)19-12-4-5-14-21(19)29(31)32;1-13(2,3)11(19)21-7(9(15)16)8(10(17)18)22-12(20)14(4,5)6/h2*1-17,23-25,30H,(H,27,28);1-17,23-24H,(H,27,28);7-8H,1-6H3,(H,15,16)(H,17,18)/p-1/t23-,24+,25+;23-,24+,25-;23-,24+;7-,8-/m0000/s1. The number of nitrogens with two attached hydrogens (primary N) is 1. The quantitative estimate of drug-likeness (QED) is 0.0126. The van der Waals surface area contributed by atoms with Gasteiger partial charge in [0.25, 0.3) is 17.1 Å². The number of carbonyl (C=O) groups excluding carboxylic acids is 5. The van der Waals surface area contributed by atoms with Crippen LogP contribution in [0.25, 0.3) is 0 Å². The molecule has 6 aromatic heterocycles. The maximum absolute atomic E-state index is 13.8. The van der Waals surface area contributed by atoms with E-state index in [2.05, 4.69) is 50.0 Å². The predicted molar refractivity (Wildman–Crippen MR) is 432 cm³/mol. The third kappa shape index (κ3) is 24.0. The number of hydrogen-bond acceptors (Lipinski definition) is 25. The van der Waals surface area contributed by atoms with Crippen molar-refractivity contribution in [1.29, 1.82) is 0 Å². The lowest BCUT2D eigenvalue weighted by Gasteiger charge is -2.32. The summed E-state index contributed by atoms with van der Waals surface area (Å²) in [5.74, 6) is -6.50. The molecule has 0 bridgehead atoms. The fourth-order valence-electron chi connectivity index (χ4n) is 12.5. The molecule has 0 fully saturated rings. The number of ether oxygens (including phenoxy) is 2. The van der Waals surface area contributed by atoms with Gasteiger partial charge in [0.2, 0.25) is 5.82 Å². The van der Waals surface area contributed by atoms with Crippen LogP contribution in [0.4, 0.5) is 34.5 Å². The maximum atomic E-state index is 13.8. The lowest BCUT2D eigenvalue weighted by molar-refractivity contribution is -0.623. The van der Waals surface area contributed by atoms with E-state index >= 15 is 0 Å². The van der Waals surface area contributed by atoms with Gasteiger partial charge in [0, 0.05) is 78.4 Å². The summed E-state index contributed by atoms with van der Waals surface area (Å²) >= 11 is 0. The zero-order valence-electron chi connectivity index (χ0n) is 64.8. The van der Waals surface area contributed by atoms with E-state index in [1.54, 1.807) is 171 Å². The number of carboxylic acids is 2. The summed E-state index contributed by atoms with van der Waals surface area (Å²) in [6.07, 6.45) is 3.29. The summed E-state index contributed by atoms with van der Waals surface area (Å²) in [6.45, 7) is 8.65. The van der Waals surface area contributed by atoms with Gasteiger partial charge in [0.05, 0.1) is 96.1 Å². The van der Waals surface area contributed by atoms with Gasteiger partial charge >= 0.3 is 11.9 Å². The summed E-state index contributed by atoms with van der Waals surface area (Å²) in [6, 6.07) is 77.5. The number of para-hydroxylation sites is 3. The van der Waals surface area contributed by atoms with E-state index in [0.29, 0.717) is 67.9 Å². The topological polar surface area (TPSA) is 438 Å². The summed E-state index contributed by atoms with van der Waals surface area (Å²) in [5, 5.41) is 89.2. The largest absolute Gasteiger partial charge is 0.546 e. The summed E-state index contributed by atoms with van der Waals surface area (Å²) in [5.41, 5.74) is 2.66. The molecule has 0 unspecified atom stereocenters. The molecule has 0 saturated heterocycles. The Kier molecular flexibility index (Phi) is 31.1. The van der Waals surface area contributed by atoms with Gasteiger partial charge < -0.3 is 50.1 Å². The molecule has 12 rings (SSSR count). The second kappa shape index (κ2) is 42.0. The molecule has 0 saturated carbocycles. The van der Waals surface area contributed by atoms with Gasteiger partial charge in [-0.05, 0) is 125 Å². The number of nitro benzene ring substituents is 3. The van der Waals surface area contributed by atoms with Crippen LogP contribution in [0.5, 0.6) is 0 Å². The number of Topliss-reactive ketones (excluding diaryl/α,β-unsaturated/α-hetero) is 1. The number of aliphatic hydroxyl groups excluding tert-OH is 2. The van der Waals surface area contributed by atoms with Crippen molar-refractivity contribution in [1.82, 2.24) is 29.9 Å². The number of benzene rings is 6. The Balaban J connectivity index is 0.000000181. The normalized spacial score (nSPS) is 13.6. The summed E-state index contributed by atoms with van der Waals surface area (Å²) in [7, 11) is 0. The van der Waals surface area contributed by atoms with Crippen molar-refractivity contribution >= 4 is 64.2 Å². The number of rotatable bonds is 29. The Morgan fingerprint density at radius 3 is 1.03 bits per heavy atom. The molecule has 0 amide bonds. The number of ketones is 1. The van der Waals surface area contributed by atoms with Crippen LogP contribution in [0.1, 0.15) is 145 Å². The first-order valence-electron chi connectivity index (χ1n) is 37.1. The lowest BCUT2D eigenvalue weighted by Crippen LogP contribution is -2.81. The van der Waals surface area contributed by atoms with Crippen LogP contribution >= 0.6 is 0 Å². The van der Waals surface area contributed by atoms with Crippen LogP contribution in [0.15, 0.2) is 310 Å². The van der Waals surface area contributed by atoms with E-state index in [4.69, 9.17) is 0 Å². The molecule has 0 aliphatic rings. The molecule has 118 heavy (non-hydrogen) atoms. The molecule has 0 radical (unpaired) electrons. The molecular formula is C89H85N12O17-. The highest BCUT2D eigenvalue weighted by Gasteiger charge is 2.43. The zero-order valence-corrected chi connectivity index (χ0v) is 64.8. The number of carbonyl (C=O) groups is 5. The average molecular weight is 1590 g/mol. The van der Waals surface area contributed by atoms with Crippen molar-refractivity contribution in [2.24, 2.45) is 10.8 Å². The highest BCUT2D eigenvalue weighted by Crippen LogP contribution is 2.46. The number of quaternary nitrogens is 1. The third-order valence-electron chi connectivity index (χ3n) is 18.3. The smallest absolute Gasteiger partial charge is 0.312 e. The molecule has 0 spiro atoms. The van der Waals surface area contributed by atoms with Crippen LogP contribution in [0, 0.1) is 41.2 Å². The minimum Gasteiger partial charge on any atom is -0.546 e. The average Bonchev–Trinajstić information content (AvgIpc) is 0.792. The molecule has 604 valence electrons. The van der Waals surface area contributed by atoms with Crippen LogP contribution in [0.3, 0.4) is 0 Å². The Hall–Kier alpha value is -14.6. The molecule has 6 N–H and O–H groups in total. The highest BCUT2D eigenvalue weighted by atomic mass is 16.6. The maximum Gasteiger partial charge on any atom is 0.312 e. The van der Waals surface area contributed by atoms with Gasteiger partial charge in [-0.1, -0.05) is 176 Å². The minimum atomic E-state index is -2.30. The Labute approximate surface area is 679 Å². The van der Waals surface area contributed by atoms with E-state index in [1.807, 2.05) is 127 Å². The lowest BCUT2D eigenvalue weighted by atomic mass is 9.82. The molecule has 10 atom stereocenters. The second-order valence-electron chi connectivity index (χ2n) is 28.6. The number of esters is 2. The SMILES string of the molecule is CC(C)(C)C(=O)O[C@H](C(=O)[O-])[C@H](OC(=O)C(C)(C)C)C(=O)[O-].O=C(c1ccccc1)[C@@H](c1ccccn1)[C@H]([NH2+]c1ccccn1)c1ccccc1[N+](=O)[O-].O=[N+]([O-])c1ccccc1[C@@H](Nc1ccccn1)[C@H](c1ccccn1)[C@@H](O)c1ccccc1.O=[N+]([O-])c1ccccc1[C@@H](Nc1ccccn1)[C@H](c1ccccn1)[C@H](O)c1ccccc1. The van der Waals surface area contributed by atoms with Gasteiger partial charge in [-0.25, -0.2) is 15.0 Å². The zero-order chi connectivity index (χ0) is 84.9. The van der Waals surface area contributed by atoms with Gasteiger partial charge in [0.15, 0.2) is 18.0 Å². The Bertz CT molecular complexity index is 5040. The van der Waals surface area contributed by atoms with Crippen molar-refractivity contribution < 1.29 is 74.0 Å². The molecule has 6 aromatic carbocycles. The van der Waals surface area contributed by atoms with Gasteiger partial charge in [-0.2, -0.15) is 0 Å². The number of aromatic nitrogens is 6. The van der Waals surface area contributed by atoms with Gasteiger partial charge in [-0.15, -0.1) is 0 Å². The molecular weight excluding hydrogens is 1510 g/mol. The number of nitrogens with zero attached hydrogens (tertiary/aromatic N) is 9. The molecule has 0 aliphatic carbocycles. The number of nitrogens with one attached hydrogen (secondary N) is 2. The molecule has 29 nitrogen and oxygen atoms in total. The number of aliphatic hydroxyl groups is 2. The molecule has 0 aliphatic heterocycles. The summed E-state index contributed by atoms with van der Waals surface area (Å²) < 4.78 is 9.23. The van der Waals surface area contributed by atoms with E-state index < -0.39 is 110 Å². The second-order valence-corrected chi connectivity index (χ2v) is 28.6. The molecule has 29 heteroatoms. The van der Waals surface area contributed by atoms with Crippen molar-refractivity contribution in [2.45, 2.75) is 102 Å². The third-order valence-corrected chi connectivity index (χ3v) is 18.3. The number of carboxylic acid groups (broad SMARTS) is 2. The Morgan fingerprint density at radius 2 is 0.695 bits per heavy atom.